The average molecular weight is 508 g/mol. The van der Waals surface area contributed by atoms with Crippen molar-refractivity contribution in [2.45, 2.75) is 17.6 Å². The van der Waals surface area contributed by atoms with Crippen LogP contribution in [0.4, 0.5) is 24.5 Å². The number of hydrogen-bond acceptors (Lipinski definition) is 4. The first kappa shape index (κ1) is 25.1. The smallest absolute Gasteiger partial charge is 0.384 e. The number of amidine groups is 1. The standard InChI is InChI=1S/C22H20F3N5O2S2/c23-22(24,25)16-6-4-14(5-7-16)13-28-34(31,32)19-10-8-17(9-11-19)29-21(33)30-18-3-1-2-15(12-18)20(26)27/h1-12,28H,13H2,(H3,26,27)(H2,29,30,33). The number of rotatable bonds is 7. The Bertz CT molecular complexity index is 1290. The fraction of sp³-hybridized carbons (Fsp3) is 0.0909. The van der Waals surface area contributed by atoms with Crippen LogP contribution in [0, 0.1) is 5.41 Å². The summed E-state index contributed by atoms with van der Waals surface area (Å²) in [5.74, 6) is -0.0775. The van der Waals surface area contributed by atoms with Crippen molar-refractivity contribution in [1.82, 2.24) is 4.72 Å². The summed E-state index contributed by atoms with van der Waals surface area (Å²) in [5, 5.41) is 13.6. The predicted molar refractivity (Wildman–Crippen MR) is 129 cm³/mol. The molecule has 7 nitrogen and oxygen atoms in total. The Hall–Kier alpha value is -3.48. The van der Waals surface area contributed by atoms with E-state index in [2.05, 4.69) is 15.4 Å². The molecule has 3 aromatic carbocycles. The zero-order valence-corrected chi connectivity index (χ0v) is 19.1. The maximum atomic E-state index is 12.6. The van der Waals surface area contributed by atoms with Crippen LogP contribution in [-0.4, -0.2) is 19.4 Å². The number of alkyl halides is 3. The predicted octanol–water partition coefficient (Wildman–Crippen LogP) is 4.28. The minimum absolute atomic E-state index is 0.0157. The van der Waals surface area contributed by atoms with Crippen molar-refractivity contribution in [3.63, 3.8) is 0 Å². The molecule has 0 heterocycles. The molecule has 12 heteroatoms. The highest BCUT2D eigenvalue weighted by Crippen LogP contribution is 2.29. The molecule has 0 saturated heterocycles. The molecule has 3 rings (SSSR count). The van der Waals surface area contributed by atoms with Gasteiger partial charge in [0.2, 0.25) is 10.0 Å². The zero-order chi connectivity index (χ0) is 24.9. The summed E-state index contributed by atoms with van der Waals surface area (Å²) in [6.45, 7) is -0.159. The van der Waals surface area contributed by atoms with Crippen LogP contribution in [0.5, 0.6) is 0 Å². The van der Waals surface area contributed by atoms with Gasteiger partial charge in [0.25, 0.3) is 0 Å². The molecule has 0 atom stereocenters. The monoisotopic (exact) mass is 507 g/mol. The lowest BCUT2D eigenvalue weighted by Gasteiger charge is -2.12. The van der Waals surface area contributed by atoms with Crippen molar-refractivity contribution < 1.29 is 21.6 Å². The number of thiocarbonyl (C=S) groups is 1. The van der Waals surface area contributed by atoms with E-state index in [0.29, 0.717) is 22.5 Å². The summed E-state index contributed by atoms with van der Waals surface area (Å²) in [6.07, 6.45) is -4.45. The van der Waals surface area contributed by atoms with Crippen LogP contribution in [0.2, 0.25) is 0 Å². The van der Waals surface area contributed by atoms with Gasteiger partial charge in [0.15, 0.2) is 5.11 Å². The molecule has 0 spiro atoms. The first-order valence-electron chi connectivity index (χ1n) is 9.72. The minimum atomic E-state index is -4.45. The number of sulfonamides is 1. The van der Waals surface area contributed by atoms with Gasteiger partial charge in [-0.15, -0.1) is 0 Å². The van der Waals surface area contributed by atoms with Crippen LogP contribution in [0.1, 0.15) is 16.7 Å². The summed E-state index contributed by atoms with van der Waals surface area (Å²) in [5.41, 5.74) is 6.74. The van der Waals surface area contributed by atoms with Gasteiger partial charge in [-0.1, -0.05) is 24.3 Å². The van der Waals surface area contributed by atoms with E-state index in [4.69, 9.17) is 23.4 Å². The third kappa shape index (κ3) is 6.76. The second-order valence-electron chi connectivity index (χ2n) is 7.12. The summed E-state index contributed by atoms with van der Waals surface area (Å²) in [6, 6.07) is 16.8. The lowest BCUT2D eigenvalue weighted by molar-refractivity contribution is -0.137. The summed E-state index contributed by atoms with van der Waals surface area (Å²) in [4.78, 5) is -0.0157. The van der Waals surface area contributed by atoms with E-state index in [1.165, 1.54) is 36.4 Å². The average Bonchev–Trinajstić information content (AvgIpc) is 2.78. The van der Waals surface area contributed by atoms with Crippen molar-refractivity contribution in [3.8, 4) is 0 Å². The fourth-order valence-electron chi connectivity index (χ4n) is 2.85. The lowest BCUT2D eigenvalue weighted by atomic mass is 10.1. The molecule has 0 bridgehead atoms. The molecule has 0 aliphatic carbocycles. The maximum absolute atomic E-state index is 12.6. The molecular weight excluding hydrogens is 487 g/mol. The minimum Gasteiger partial charge on any atom is -0.384 e. The molecular formula is C22H20F3N5O2S2. The molecule has 3 aromatic rings. The first-order chi connectivity index (χ1) is 15.9. The van der Waals surface area contributed by atoms with Gasteiger partial charge in [-0.05, 0) is 66.3 Å². The Kier molecular flexibility index (Phi) is 7.54. The number of nitrogen functional groups attached to an aromatic ring is 1. The van der Waals surface area contributed by atoms with E-state index in [9.17, 15) is 21.6 Å². The lowest BCUT2D eigenvalue weighted by Crippen LogP contribution is -2.23. The largest absolute Gasteiger partial charge is 0.416 e. The zero-order valence-electron chi connectivity index (χ0n) is 17.5. The number of nitrogens with two attached hydrogens (primary N) is 1. The maximum Gasteiger partial charge on any atom is 0.416 e. The number of hydrogen-bond donors (Lipinski definition) is 5. The summed E-state index contributed by atoms with van der Waals surface area (Å²) in [7, 11) is -3.88. The topological polar surface area (TPSA) is 120 Å². The molecule has 0 aromatic heterocycles. The molecule has 0 amide bonds. The third-order valence-electron chi connectivity index (χ3n) is 4.60. The molecule has 34 heavy (non-hydrogen) atoms. The Balaban J connectivity index is 1.59. The summed E-state index contributed by atoms with van der Waals surface area (Å²) >= 11 is 5.25. The number of halogens is 3. The van der Waals surface area contributed by atoms with Crippen LogP contribution in [0.15, 0.2) is 77.7 Å². The second-order valence-corrected chi connectivity index (χ2v) is 9.29. The van der Waals surface area contributed by atoms with Gasteiger partial charge < -0.3 is 16.4 Å². The van der Waals surface area contributed by atoms with Gasteiger partial charge >= 0.3 is 6.18 Å². The highest BCUT2D eigenvalue weighted by atomic mass is 32.2. The van der Waals surface area contributed by atoms with Gasteiger partial charge in [0.05, 0.1) is 10.5 Å². The van der Waals surface area contributed by atoms with Gasteiger partial charge in [0, 0.05) is 23.5 Å². The van der Waals surface area contributed by atoms with E-state index in [1.807, 2.05) is 0 Å². The van der Waals surface area contributed by atoms with Crippen LogP contribution in [0.25, 0.3) is 0 Å². The SMILES string of the molecule is N=C(N)c1cccc(NC(=S)Nc2ccc(S(=O)(=O)NCc3ccc(C(F)(F)F)cc3)cc2)c1. The number of benzene rings is 3. The van der Waals surface area contributed by atoms with Crippen LogP contribution in [-0.2, 0) is 22.7 Å². The Labute approximate surface area is 199 Å². The van der Waals surface area contributed by atoms with E-state index in [1.54, 1.807) is 24.3 Å². The quantitative estimate of drug-likeness (QED) is 0.185. The van der Waals surface area contributed by atoms with Gasteiger partial charge in [-0.25, -0.2) is 13.1 Å². The Morgan fingerprint density at radius 2 is 1.56 bits per heavy atom. The van der Waals surface area contributed by atoms with Gasteiger partial charge in [-0.3, -0.25) is 5.41 Å². The van der Waals surface area contributed by atoms with E-state index in [0.717, 1.165) is 12.1 Å². The van der Waals surface area contributed by atoms with Crippen molar-refractivity contribution in [2.75, 3.05) is 10.6 Å². The molecule has 0 aliphatic heterocycles. The third-order valence-corrected chi connectivity index (χ3v) is 6.22. The van der Waals surface area contributed by atoms with Crippen LogP contribution in [0.3, 0.4) is 0 Å². The van der Waals surface area contributed by atoms with Crippen LogP contribution >= 0.6 is 12.2 Å². The van der Waals surface area contributed by atoms with Gasteiger partial charge in [0.1, 0.15) is 5.84 Å². The molecule has 178 valence electrons. The first-order valence-corrected chi connectivity index (χ1v) is 11.6. The summed E-state index contributed by atoms with van der Waals surface area (Å²) < 4.78 is 65.3. The highest BCUT2D eigenvalue weighted by Gasteiger charge is 2.29. The van der Waals surface area contributed by atoms with E-state index < -0.39 is 21.8 Å². The second kappa shape index (κ2) is 10.2. The van der Waals surface area contributed by atoms with Crippen molar-refractivity contribution in [2.24, 2.45) is 5.73 Å². The molecule has 6 N–H and O–H groups in total. The van der Waals surface area contributed by atoms with Crippen LogP contribution < -0.4 is 21.1 Å². The Morgan fingerprint density at radius 3 is 2.15 bits per heavy atom. The fourth-order valence-corrected chi connectivity index (χ4v) is 4.10. The van der Waals surface area contributed by atoms with Crippen molar-refractivity contribution >= 4 is 44.6 Å². The molecule has 0 unspecified atom stereocenters. The molecule has 0 fully saturated rings. The molecule has 0 aliphatic rings. The van der Waals surface area contributed by atoms with Crippen molar-refractivity contribution in [1.29, 1.82) is 5.41 Å². The molecule has 0 saturated carbocycles. The Morgan fingerprint density at radius 1 is 0.941 bits per heavy atom. The van der Waals surface area contributed by atoms with E-state index in [-0.39, 0.29) is 22.4 Å². The highest BCUT2D eigenvalue weighted by molar-refractivity contribution is 7.89. The van der Waals surface area contributed by atoms with E-state index >= 15 is 0 Å². The number of anilines is 2. The van der Waals surface area contributed by atoms with Gasteiger partial charge in [-0.2, -0.15) is 13.2 Å². The van der Waals surface area contributed by atoms with Crippen molar-refractivity contribution in [3.05, 3.63) is 89.5 Å². The molecule has 0 radical (unpaired) electrons. The normalized spacial score (nSPS) is 11.6. The number of nitrogens with one attached hydrogen (secondary N) is 4.